The van der Waals surface area contributed by atoms with Crippen LogP contribution in [0.1, 0.15) is 5.89 Å². The molecule has 0 atom stereocenters. The molecule has 4 rings (SSSR count). The Morgan fingerprint density at radius 1 is 1.29 bits per heavy atom. The summed E-state index contributed by atoms with van der Waals surface area (Å²) < 4.78 is 42.4. The number of aromatic nitrogens is 2. The Balaban J connectivity index is 1.73. The van der Waals surface area contributed by atoms with E-state index < -0.39 is 22.7 Å². The van der Waals surface area contributed by atoms with Crippen LogP contribution in [0.4, 0.5) is 9.18 Å². The van der Waals surface area contributed by atoms with Gasteiger partial charge >= 0.3 is 6.09 Å². The van der Waals surface area contributed by atoms with Gasteiger partial charge in [-0.15, -0.1) is 0 Å². The number of hydrogen-bond acceptors (Lipinski definition) is 5. The molecule has 0 spiro atoms. The van der Waals surface area contributed by atoms with E-state index in [1.54, 1.807) is 30.5 Å². The van der Waals surface area contributed by atoms with Crippen LogP contribution in [0, 0.1) is 5.82 Å². The van der Waals surface area contributed by atoms with Gasteiger partial charge in [-0.05, 0) is 35.9 Å². The van der Waals surface area contributed by atoms with Gasteiger partial charge < -0.3 is 14.5 Å². The van der Waals surface area contributed by atoms with Crippen LogP contribution in [0.5, 0.6) is 0 Å². The van der Waals surface area contributed by atoms with Crippen molar-refractivity contribution < 1.29 is 27.1 Å². The molecular weight excluding hydrogens is 389 g/mol. The van der Waals surface area contributed by atoms with E-state index in [9.17, 15) is 17.6 Å². The summed E-state index contributed by atoms with van der Waals surface area (Å²) >= 11 is 0. The largest absolute Gasteiger partial charge is 0.464 e. The van der Waals surface area contributed by atoms with Crippen molar-refractivity contribution in [2.45, 2.75) is 6.54 Å². The summed E-state index contributed by atoms with van der Waals surface area (Å²) in [5, 5.41) is 9.91. The fourth-order valence-corrected chi connectivity index (χ4v) is 3.62. The van der Waals surface area contributed by atoms with E-state index >= 15 is 0 Å². The highest BCUT2D eigenvalue weighted by molar-refractivity contribution is 7.88. The number of aromatic amines is 1. The summed E-state index contributed by atoms with van der Waals surface area (Å²) in [5.74, 6) is -0.383. The molecule has 28 heavy (non-hydrogen) atoms. The van der Waals surface area contributed by atoms with Gasteiger partial charge in [0.2, 0.25) is 15.9 Å². The average molecular weight is 403 g/mol. The predicted octanol–water partition coefficient (Wildman–Crippen LogP) is 3.55. The minimum absolute atomic E-state index is 0.0408. The van der Waals surface area contributed by atoms with E-state index in [0.717, 1.165) is 22.8 Å². The molecule has 0 unspecified atom stereocenters. The lowest BCUT2D eigenvalue weighted by molar-refractivity contribution is 0.168. The van der Waals surface area contributed by atoms with Crippen LogP contribution < -0.4 is 0 Å². The van der Waals surface area contributed by atoms with Gasteiger partial charge in [-0.1, -0.05) is 6.07 Å². The van der Waals surface area contributed by atoms with Crippen LogP contribution in [0.15, 0.2) is 47.0 Å². The molecule has 0 aliphatic rings. The number of oxazole rings is 1. The van der Waals surface area contributed by atoms with E-state index in [1.807, 2.05) is 0 Å². The summed E-state index contributed by atoms with van der Waals surface area (Å²) in [4.78, 5) is 18.3. The molecule has 2 heterocycles. The SMILES string of the molecule is CS(=O)(=O)N(Cc1nc2ccc(-c3c[nH]c4cc(F)ccc34)cc2o1)C(=O)O. The maximum absolute atomic E-state index is 13.4. The third-order valence-corrected chi connectivity index (χ3v) is 5.37. The minimum atomic E-state index is -3.97. The van der Waals surface area contributed by atoms with Gasteiger partial charge in [0.25, 0.3) is 0 Å². The lowest BCUT2D eigenvalue weighted by atomic mass is 10.0. The Kier molecular flexibility index (Phi) is 4.07. The third-order valence-electron chi connectivity index (χ3n) is 4.28. The van der Waals surface area contributed by atoms with Gasteiger partial charge in [-0.2, -0.15) is 4.31 Å². The van der Waals surface area contributed by atoms with Crippen LogP contribution in [0.2, 0.25) is 0 Å². The zero-order valence-corrected chi connectivity index (χ0v) is 15.3. The molecule has 2 N–H and O–H groups in total. The summed E-state index contributed by atoms with van der Waals surface area (Å²) in [5.41, 5.74) is 3.11. The zero-order valence-electron chi connectivity index (χ0n) is 14.5. The molecule has 1 amide bonds. The molecule has 2 aromatic heterocycles. The highest BCUT2D eigenvalue weighted by Crippen LogP contribution is 2.31. The molecule has 0 saturated heterocycles. The first-order valence-electron chi connectivity index (χ1n) is 8.09. The number of carboxylic acid groups (broad SMARTS) is 1. The monoisotopic (exact) mass is 403 g/mol. The Morgan fingerprint density at radius 2 is 2.07 bits per heavy atom. The quantitative estimate of drug-likeness (QED) is 0.538. The van der Waals surface area contributed by atoms with Gasteiger partial charge in [0.05, 0.1) is 6.26 Å². The Bertz CT molecular complexity index is 1330. The van der Waals surface area contributed by atoms with E-state index in [-0.39, 0.29) is 16.0 Å². The van der Waals surface area contributed by atoms with Gasteiger partial charge in [0.1, 0.15) is 17.9 Å². The number of rotatable bonds is 4. The number of hydrogen-bond donors (Lipinski definition) is 2. The highest BCUT2D eigenvalue weighted by atomic mass is 32.2. The van der Waals surface area contributed by atoms with Gasteiger partial charge in [-0.3, -0.25) is 0 Å². The van der Waals surface area contributed by atoms with Gasteiger partial charge in [0, 0.05) is 22.7 Å². The van der Waals surface area contributed by atoms with Crippen LogP contribution in [-0.4, -0.2) is 40.1 Å². The second-order valence-corrected chi connectivity index (χ2v) is 8.14. The number of nitrogens with zero attached hydrogens (tertiary/aromatic N) is 2. The van der Waals surface area contributed by atoms with Crippen molar-refractivity contribution in [1.82, 2.24) is 14.3 Å². The molecule has 0 aliphatic heterocycles. The number of carbonyl (C=O) groups is 1. The predicted molar refractivity (Wildman–Crippen MR) is 99.7 cm³/mol. The molecule has 8 nitrogen and oxygen atoms in total. The molecular formula is C18H14FN3O5S. The van der Waals surface area contributed by atoms with Crippen molar-refractivity contribution in [2.75, 3.05) is 6.26 Å². The van der Waals surface area contributed by atoms with E-state index in [1.165, 1.54) is 12.1 Å². The maximum atomic E-state index is 13.4. The smallest absolute Gasteiger partial charge is 0.421 e. The molecule has 10 heteroatoms. The lowest BCUT2D eigenvalue weighted by Gasteiger charge is -2.13. The summed E-state index contributed by atoms with van der Waals surface area (Å²) in [6, 6.07) is 9.64. The number of amides is 1. The lowest BCUT2D eigenvalue weighted by Crippen LogP contribution is -2.34. The topological polar surface area (TPSA) is 117 Å². The fraction of sp³-hybridized carbons (Fsp3) is 0.111. The Labute approximate surface area is 158 Å². The third kappa shape index (κ3) is 3.18. The van der Waals surface area contributed by atoms with Crippen LogP contribution in [-0.2, 0) is 16.6 Å². The van der Waals surface area contributed by atoms with Crippen molar-refractivity contribution in [3.05, 3.63) is 54.3 Å². The number of halogens is 1. The molecule has 2 aromatic carbocycles. The first-order valence-corrected chi connectivity index (χ1v) is 9.94. The number of benzene rings is 2. The van der Waals surface area contributed by atoms with E-state index in [2.05, 4.69) is 9.97 Å². The van der Waals surface area contributed by atoms with Crippen molar-refractivity contribution in [2.24, 2.45) is 0 Å². The van der Waals surface area contributed by atoms with Crippen molar-refractivity contribution in [3.63, 3.8) is 0 Å². The molecule has 144 valence electrons. The molecule has 0 radical (unpaired) electrons. The van der Waals surface area contributed by atoms with Gasteiger partial charge in [-0.25, -0.2) is 22.6 Å². The van der Waals surface area contributed by atoms with Crippen LogP contribution in [0.25, 0.3) is 33.1 Å². The summed E-state index contributed by atoms with van der Waals surface area (Å²) in [6.45, 7) is -0.523. The first-order chi connectivity index (χ1) is 13.2. The molecule has 0 saturated carbocycles. The van der Waals surface area contributed by atoms with Crippen molar-refractivity contribution in [1.29, 1.82) is 0 Å². The Hall–Kier alpha value is -3.40. The molecule has 4 aromatic rings. The summed E-state index contributed by atoms with van der Waals surface area (Å²) in [7, 11) is -3.97. The second kappa shape index (κ2) is 6.34. The van der Waals surface area contributed by atoms with Gasteiger partial charge in [0.15, 0.2) is 5.58 Å². The van der Waals surface area contributed by atoms with Crippen molar-refractivity contribution >= 4 is 38.1 Å². The number of fused-ring (bicyclic) bond motifs is 2. The maximum Gasteiger partial charge on any atom is 0.421 e. The molecule has 0 aliphatic carbocycles. The number of sulfonamides is 1. The first kappa shape index (κ1) is 18.0. The second-order valence-electron chi connectivity index (χ2n) is 6.23. The average Bonchev–Trinajstić information content (AvgIpc) is 3.20. The van der Waals surface area contributed by atoms with Crippen LogP contribution in [0.3, 0.4) is 0 Å². The van der Waals surface area contributed by atoms with Crippen LogP contribution >= 0.6 is 0 Å². The molecule has 0 fully saturated rings. The highest BCUT2D eigenvalue weighted by Gasteiger charge is 2.25. The number of nitrogens with one attached hydrogen (secondary N) is 1. The zero-order chi connectivity index (χ0) is 20.1. The number of H-pyrrole nitrogens is 1. The van der Waals surface area contributed by atoms with E-state index in [4.69, 9.17) is 9.52 Å². The summed E-state index contributed by atoms with van der Waals surface area (Å²) in [6.07, 6.45) is 0.927. The minimum Gasteiger partial charge on any atom is -0.464 e. The standard InChI is InChI=1S/C18H14FN3O5S/c1-28(25,26)22(18(23)24)9-17-21-14-5-2-10(6-16(14)27-17)13-8-20-15-7-11(19)3-4-12(13)15/h2-8,20H,9H2,1H3,(H,23,24). The normalized spacial score (nSPS) is 11.9. The van der Waals surface area contributed by atoms with Crippen molar-refractivity contribution in [3.8, 4) is 11.1 Å². The Morgan fingerprint density at radius 3 is 2.79 bits per heavy atom. The molecule has 0 bridgehead atoms. The fourth-order valence-electron chi connectivity index (χ4n) is 2.99. The van der Waals surface area contributed by atoms with E-state index in [0.29, 0.717) is 16.6 Å².